The number of ether oxygens (including phenoxy) is 1. The zero-order chi connectivity index (χ0) is 14.7. The predicted molar refractivity (Wildman–Crippen MR) is 83.7 cm³/mol. The minimum absolute atomic E-state index is 0.555. The molecular formula is C17H20O2S. The van der Waals surface area contributed by atoms with Gasteiger partial charge in [-0.15, -0.1) is 0 Å². The Morgan fingerprint density at radius 2 is 1.85 bits per heavy atom. The van der Waals surface area contributed by atoms with E-state index in [1.54, 1.807) is 25.8 Å². The number of aliphatic hydroxyl groups excluding tert-OH is 1. The van der Waals surface area contributed by atoms with Crippen LogP contribution in [0.25, 0.3) is 0 Å². The summed E-state index contributed by atoms with van der Waals surface area (Å²) < 4.78 is 5.35. The van der Waals surface area contributed by atoms with E-state index in [4.69, 9.17) is 4.74 Å². The van der Waals surface area contributed by atoms with Gasteiger partial charge in [0.05, 0.1) is 13.2 Å². The number of hydrogen-bond acceptors (Lipinski definition) is 3. The Balaban J connectivity index is 2.40. The first-order chi connectivity index (χ1) is 9.52. The molecule has 0 aliphatic carbocycles. The largest absolute Gasteiger partial charge is 0.496 e. The Hall–Kier alpha value is -1.45. The van der Waals surface area contributed by atoms with Crippen LogP contribution in [0.15, 0.2) is 46.2 Å². The highest BCUT2D eigenvalue weighted by atomic mass is 32.2. The van der Waals surface area contributed by atoms with Crippen molar-refractivity contribution in [3.63, 3.8) is 0 Å². The van der Waals surface area contributed by atoms with Crippen LogP contribution in [-0.2, 0) is 0 Å². The van der Waals surface area contributed by atoms with Crippen molar-refractivity contribution >= 4 is 11.8 Å². The third-order valence-electron chi connectivity index (χ3n) is 3.37. The highest BCUT2D eigenvalue weighted by Crippen LogP contribution is 2.38. The fourth-order valence-corrected chi connectivity index (χ4v) is 3.26. The zero-order valence-corrected chi connectivity index (χ0v) is 13.1. The molecule has 0 spiro atoms. The van der Waals surface area contributed by atoms with Crippen molar-refractivity contribution in [1.29, 1.82) is 0 Å². The van der Waals surface area contributed by atoms with E-state index >= 15 is 0 Å². The summed E-state index contributed by atoms with van der Waals surface area (Å²) in [7, 11) is 1.63. The predicted octanol–water partition coefficient (Wildman–Crippen LogP) is 4.52. The number of hydrogen-bond donors (Lipinski definition) is 1. The first kappa shape index (κ1) is 14.9. The van der Waals surface area contributed by atoms with Crippen LogP contribution in [0, 0.1) is 13.8 Å². The lowest BCUT2D eigenvalue weighted by molar-refractivity contribution is 0.191. The van der Waals surface area contributed by atoms with Crippen LogP contribution in [0.4, 0.5) is 0 Å². The van der Waals surface area contributed by atoms with Crippen molar-refractivity contribution in [3.05, 3.63) is 53.1 Å². The Morgan fingerprint density at radius 1 is 1.10 bits per heavy atom. The molecule has 2 rings (SSSR count). The maximum Gasteiger partial charge on any atom is 0.125 e. The van der Waals surface area contributed by atoms with Gasteiger partial charge in [0.15, 0.2) is 0 Å². The molecule has 0 saturated heterocycles. The van der Waals surface area contributed by atoms with Crippen LogP contribution in [-0.4, -0.2) is 12.2 Å². The summed E-state index contributed by atoms with van der Waals surface area (Å²) >= 11 is 1.65. The van der Waals surface area contributed by atoms with Gasteiger partial charge in [0.2, 0.25) is 0 Å². The quantitative estimate of drug-likeness (QED) is 0.897. The van der Waals surface area contributed by atoms with E-state index in [0.29, 0.717) is 0 Å². The molecule has 1 atom stereocenters. The lowest BCUT2D eigenvalue weighted by Gasteiger charge is -2.16. The van der Waals surface area contributed by atoms with E-state index < -0.39 is 6.10 Å². The van der Waals surface area contributed by atoms with Crippen LogP contribution >= 0.6 is 11.8 Å². The van der Waals surface area contributed by atoms with Crippen molar-refractivity contribution in [2.75, 3.05) is 7.11 Å². The van der Waals surface area contributed by atoms with Gasteiger partial charge in [-0.05, 0) is 56.2 Å². The molecular weight excluding hydrogens is 268 g/mol. The van der Waals surface area contributed by atoms with Crippen molar-refractivity contribution in [1.82, 2.24) is 0 Å². The fraction of sp³-hybridized carbons (Fsp3) is 0.294. The van der Waals surface area contributed by atoms with E-state index in [1.165, 1.54) is 16.0 Å². The third-order valence-corrected chi connectivity index (χ3v) is 4.44. The number of rotatable bonds is 4. The summed E-state index contributed by atoms with van der Waals surface area (Å²) in [5.74, 6) is 0.730. The molecule has 2 nitrogen and oxygen atoms in total. The molecule has 3 heteroatoms. The fourth-order valence-electron chi connectivity index (χ4n) is 2.11. The lowest BCUT2D eigenvalue weighted by atomic mass is 10.1. The first-order valence-corrected chi connectivity index (χ1v) is 7.44. The topological polar surface area (TPSA) is 29.5 Å². The molecule has 0 saturated carbocycles. The second kappa shape index (κ2) is 6.33. The van der Waals surface area contributed by atoms with Crippen molar-refractivity contribution in [3.8, 4) is 5.75 Å². The van der Waals surface area contributed by atoms with Crippen molar-refractivity contribution in [2.45, 2.75) is 36.7 Å². The summed E-state index contributed by atoms with van der Waals surface area (Å²) in [4.78, 5) is 2.20. The number of methoxy groups -OCH3 is 1. The Bertz CT molecular complexity index is 606. The van der Waals surface area contributed by atoms with Crippen LogP contribution in [0.1, 0.15) is 29.7 Å². The van der Waals surface area contributed by atoms with Gasteiger partial charge in [-0.25, -0.2) is 0 Å². The Morgan fingerprint density at radius 3 is 2.45 bits per heavy atom. The molecule has 20 heavy (non-hydrogen) atoms. The van der Waals surface area contributed by atoms with Gasteiger partial charge in [-0.1, -0.05) is 23.9 Å². The average Bonchev–Trinajstić information content (AvgIpc) is 2.42. The maximum atomic E-state index is 10.00. The standard InChI is InChI=1S/C17H20O2S/c1-11-8-9-14(10-12(11)2)20-16-7-5-6-15(19-4)17(16)13(3)18/h5-10,13,18H,1-4H3/t13-/m0/s1. The number of benzene rings is 2. The summed E-state index contributed by atoms with van der Waals surface area (Å²) in [6.45, 7) is 5.99. The minimum Gasteiger partial charge on any atom is -0.496 e. The van der Waals surface area contributed by atoms with Crippen molar-refractivity contribution in [2.24, 2.45) is 0 Å². The van der Waals surface area contributed by atoms with Gasteiger partial charge >= 0.3 is 0 Å². The second-order valence-electron chi connectivity index (χ2n) is 4.90. The summed E-state index contributed by atoms with van der Waals surface area (Å²) in [6, 6.07) is 12.3. The van der Waals surface area contributed by atoms with Gasteiger partial charge in [0.25, 0.3) is 0 Å². The van der Waals surface area contributed by atoms with Crippen LogP contribution in [0.2, 0.25) is 0 Å². The molecule has 0 aromatic heterocycles. The molecule has 0 unspecified atom stereocenters. The van der Waals surface area contributed by atoms with E-state index in [-0.39, 0.29) is 0 Å². The molecule has 2 aromatic rings. The van der Waals surface area contributed by atoms with Gasteiger partial charge in [-0.2, -0.15) is 0 Å². The second-order valence-corrected chi connectivity index (χ2v) is 6.01. The highest BCUT2D eigenvalue weighted by Gasteiger charge is 2.15. The number of aryl methyl sites for hydroxylation is 2. The molecule has 0 heterocycles. The van der Waals surface area contributed by atoms with E-state index in [2.05, 4.69) is 32.0 Å². The molecule has 106 valence electrons. The molecule has 1 N–H and O–H groups in total. The number of aliphatic hydroxyl groups is 1. The molecule has 0 aliphatic heterocycles. The molecule has 0 fully saturated rings. The molecule has 0 radical (unpaired) electrons. The summed E-state index contributed by atoms with van der Waals surface area (Å²) in [5, 5.41) is 10.00. The maximum absolute atomic E-state index is 10.00. The van der Waals surface area contributed by atoms with Gasteiger partial charge < -0.3 is 9.84 Å². The normalized spacial score (nSPS) is 12.2. The first-order valence-electron chi connectivity index (χ1n) is 6.63. The SMILES string of the molecule is COc1cccc(Sc2ccc(C)c(C)c2)c1[C@H](C)O. The zero-order valence-electron chi connectivity index (χ0n) is 12.3. The monoisotopic (exact) mass is 288 g/mol. The lowest BCUT2D eigenvalue weighted by Crippen LogP contribution is -1.98. The highest BCUT2D eigenvalue weighted by molar-refractivity contribution is 7.99. The van der Waals surface area contributed by atoms with Gasteiger partial charge in [0.1, 0.15) is 5.75 Å². The van der Waals surface area contributed by atoms with Crippen LogP contribution in [0.3, 0.4) is 0 Å². The summed E-state index contributed by atoms with van der Waals surface area (Å²) in [6.07, 6.45) is -0.555. The Kier molecular flexibility index (Phi) is 4.73. The molecule has 0 amide bonds. The van der Waals surface area contributed by atoms with E-state index in [0.717, 1.165) is 16.2 Å². The molecule has 2 aromatic carbocycles. The van der Waals surface area contributed by atoms with Gasteiger partial charge in [-0.3, -0.25) is 0 Å². The van der Waals surface area contributed by atoms with E-state index in [9.17, 15) is 5.11 Å². The summed E-state index contributed by atoms with van der Waals surface area (Å²) in [5.41, 5.74) is 3.41. The smallest absolute Gasteiger partial charge is 0.125 e. The van der Waals surface area contributed by atoms with Crippen LogP contribution < -0.4 is 4.74 Å². The third kappa shape index (κ3) is 3.17. The molecule has 0 bridgehead atoms. The average molecular weight is 288 g/mol. The van der Waals surface area contributed by atoms with Gasteiger partial charge in [0, 0.05) is 15.4 Å². The minimum atomic E-state index is -0.555. The Labute approximate surface area is 124 Å². The van der Waals surface area contributed by atoms with E-state index in [1.807, 2.05) is 18.2 Å². The van der Waals surface area contributed by atoms with Crippen molar-refractivity contribution < 1.29 is 9.84 Å². The van der Waals surface area contributed by atoms with Crippen LogP contribution in [0.5, 0.6) is 5.75 Å². The molecule has 0 aliphatic rings.